The van der Waals surface area contributed by atoms with Gasteiger partial charge in [0.2, 0.25) is 10.0 Å². The van der Waals surface area contributed by atoms with Gasteiger partial charge in [0.1, 0.15) is 5.82 Å². The predicted molar refractivity (Wildman–Crippen MR) is 76.8 cm³/mol. The Labute approximate surface area is 124 Å². The summed E-state index contributed by atoms with van der Waals surface area (Å²) in [7, 11) is -1.94. The molecule has 1 aliphatic heterocycles. The Morgan fingerprint density at radius 1 is 1.30 bits per heavy atom. The van der Waals surface area contributed by atoms with Crippen LogP contribution in [0, 0.1) is 5.82 Å². The average Bonchev–Trinajstić information content (AvgIpc) is 2.44. The van der Waals surface area contributed by atoms with Gasteiger partial charge in [-0.05, 0) is 37.6 Å². The summed E-state index contributed by atoms with van der Waals surface area (Å²) in [6, 6.07) is 2.46. The number of nitrogens with one attached hydrogen (secondary N) is 1. The highest BCUT2D eigenvalue weighted by Gasteiger charge is 2.27. The second kappa shape index (κ2) is 6.39. The third-order valence-electron chi connectivity index (χ3n) is 3.40. The monoisotopic (exact) mass is 320 g/mol. The minimum absolute atomic E-state index is 0.0217. The minimum Gasteiger partial charge on any atom is -0.316 e. The Morgan fingerprint density at radius 3 is 2.55 bits per heavy atom. The molecule has 0 amide bonds. The summed E-state index contributed by atoms with van der Waals surface area (Å²) in [6.07, 6.45) is 2.73. The lowest BCUT2D eigenvalue weighted by Gasteiger charge is -2.26. The molecule has 1 fully saturated rings. The molecule has 0 spiro atoms. The molecule has 4 nitrogen and oxygen atoms in total. The van der Waals surface area contributed by atoms with Crippen molar-refractivity contribution in [2.24, 2.45) is 0 Å². The lowest BCUT2D eigenvalue weighted by Crippen LogP contribution is -2.35. The van der Waals surface area contributed by atoms with E-state index in [1.54, 1.807) is 7.05 Å². The molecule has 0 atom stereocenters. The highest BCUT2D eigenvalue weighted by atomic mass is 35.5. The normalized spacial score (nSPS) is 17.4. The SMILES string of the molecule is CNCc1cc(S(=O)(=O)N2CCCCC2)cc(F)c1Cl. The van der Waals surface area contributed by atoms with Crippen molar-refractivity contribution < 1.29 is 12.8 Å². The summed E-state index contributed by atoms with van der Waals surface area (Å²) in [6.45, 7) is 1.31. The Balaban J connectivity index is 2.40. The van der Waals surface area contributed by atoms with Crippen LogP contribution >= 0.6 is 11.6 Å². The summed E-state index contributed by atoms with van der Waals surface area (Å²) in [5.74, 6) is -0.699. The van der Waals surface area contributed by atoms with Crippen molar-refractivity contribution in [3.8, 4) is 0 Å². The van der Waals surface area contributed by atoms with E-state index < -0.39 is 15.8 Å². The van der Waals surface area contributed by atoms with Crippen LogP contribution in [-0.2, 0) is 16.6 Å². The van der Waals surface area contributed by atoms with Gasteiger partial charge in [0.15, 0.2) is 0 Å². The van der Waals surface area contributed by atoms with Crippen LogP contribution in [0.3, 0.4) is 0 Å². The van der Waals surface area contributed by atoms with Crippen LogP contribution in [0.25, 0.3) is 0 Å². The van der Waals surface area contributed by atoms with Gasteiger partial charge in [-0.2, -0.15) is 4.31 Å². The van der Waals surface area contributed by atoms with E-state index in [2.05, 4.69) is 5.32 Å². The Kier molecular flexibility index (Phi) is 5.01. The largest absolute Gasteiger partial charge is 0.316 e. The molecule has 1 aromatic carbocycles. The third kappa shape index (κ3) is 3.14. The Morgan fingerprint density at radius 2 is 1.95 bits per heavy atom. The molecule has 0 saturated carbocycles. The van der Waals surface area contributed by atoms with Crippen LogP contribution in [0.2, 0.25) is 5.02 Å². The number of hydrogen-bond donors (Lipinski definition) is 1. The van der Waals surface area contributed by atoms with Crippen molar-refractivity contribution >= 4 is 21.6 Å². The third-order valence-corrected chi connectivity index (χ3v) is 5.70. The maximum Gasteiger partial charge on any atom is 0.243 e. The van der Waals surface area contributed by atoms with Crippen LogP contribution in [-0.4, -0.2) is 32.9 Å². The number of piperidine rings is 1. The maximum atomic E-state index is 13.8. The van der Waals surface area contributed by atoms with E-state index in [0.717, 1.165) is 25.3 Å². The maximum absolute atomic E-state index is 13.8. The second-order valence-electron chi connectivity index (χ2n) is 4.87. The van der Waals surface area contributed by atoms with E-state index in [1.165, 1.54) is 10.4 Å². The Bertz CT molecular complexity index is 586. The fraction of sp³-hybridized carbons (Fsp3) is 0.538. The first kappa shape index (κ1) is 15.7. The van der Waals surface area contributed by atoms with Gasteiger partial charge < -0.3 is 5.32 Å². The van der Waals surface area contributed by atoms with Gasteiger partial charge in [-0.1, -0.05) is 18.0 Å². The number of rotatable bonds is 4. The number of nitrogens with zero attached hydrogens (tertiary/aromatic N) is 1. The summed E-state index contributed by atoms with van der Waals surface area (Å²) >= 11 is 5.86. The van der Waals surface area contributed by atoms with E-state index in [4.69, 9.17) is 11.6 Å². The van der Waals surface area contributed by atoms with Gasteiger partial charge in [0.05, 0.1) is 9.92 Å². The van der Waals surface area contributed by atoms with Gasteiger partial charge in [0, 0.05) is 19.6 Å². The lowest BCUT2D eigenvalue weighted by molar-refractivity contribution is 0.346. The molecule has 1 N–H and O–H groups in total. The molecule has 1 saturated heterocycles. The minimum atomic E-state index is -3.64. The molecule has 1 aliphatic rings. The zero-order chi connectivity index (χ0) is 14.8. The lowest BCUT2D eigenvalue weighted by atomic mass is 10.2. The van der Waals surface area contributed by atoms with Gasteiger partial charge in [-0.15, -0.1) is 0 Å². The molecule has 2 rings (SSSR count). The van der Waals surface area contributed by atoms with E-state index in [9.17, 15) is 12.8 Å². The second-order valence-corrected chi connectivity index (χ2v) is 7.19. The van der Waals surface area contributed by atoms with Crippen molar-refractivity contribution in [3.63, 3.8) is 0 Å². The molecular formula is C13H18ClFN2O2S. The zero-order valence-corrected chi connectivity index (χ0v) is 12.9. The van der Waals surface area contributed by atoms with Gasteiger partial charge in [0.25, 0.3) is 0 Å². The number of hydrogen-bond acceptors (Lipinski definition) is 3. The smallest absolute Gasteiger partial charge is 0.243 e. The zero-order valence-electron chi connectivity index (χ0n) is 11.3. The first-order valence-corrected chi connectivity index (χ1v) is 8.41. The van der Waals surface area contributed by atoms with Crippen LogP contribution in [0.5, 0.6) is 0 Å². The molecule has 0 aromatic heterocycles. The highest BCUT2D eigenvalue weighted by molar-refractivity contribution is 7.89. The van der Waals surface area contributed by atoms with E-state index >= 15 is 0 Å². The molecule has 0 unspecified atom stereocenters. The quantitative estimate of drug-likeness (QED) is 0.926. The standard InChI is InChI=1S/C13H18ClFN2O2S/c1-16-9-10-7-11(8-12(15)13(10)14)20(18,19)17-5-3-2-4-6-17/h7-8,16H,2-6,9H2,1H3. The average molecular weight is 321 g/mol. The van der Waals surface area contributed by atoms with Crippen LogP contribution in [0.15, 0.2) is 17.0 Å². The molecule has 7 heteroatoms. The van der Waals surface area contributed by atoms with Crippen molar-refractivity contribution in [1.82, 2.24) is 9.62 Å². The van der Waals surface area contributed by atoms with Crippen LogP contribution < -0.4 is 5.32 Å². The summed E-state index contributed by atoms with van der Waals surface area (Å²) < 4.78 is 40.2. The summed E-state index contributed by atoms with van der Waals surface area (Å²) in [5.41, 5.74) is 0.449. The summed E-state index contributed by atoms with van der Waals surface area (Å²) in [4.78, 5) is -0.0217. The molecule has 0 radical (unpaired) electrons. The van der Waals surface area contributed by atoms with E-state index in [0.29, 0.717) is 25.2 Å². The van der Waals surface area contributed by atoms with Crippen LogP contribution in [0.1, 0.15) is 24.8 Å². The molecule has 1 aromatic rings. The summed E-state index contributed by atoms with van der Waals surface area (Å²) in [5, 5.41) is 2.82. The Hall–Kier alpha value is -0.690. The highest BCUT2D eigenvalue weighted by Crippen LogP contribution is 2.27. The van der Waals surface area contributed by atoms with E-state index in [1.807, 2.05) is 0 Å². The molecule has 1 heterocycles. The molecule has 0 bridgehead atoms. The van der Waals surface area contributed by atoms with Gasteiger partial charge >= 0.3 is 0 Å². The van der Waals surface area contributed by atoms with Crippen molar-refractivity contribution in [1.29, 1.82) is 0 Å². The number of benzene rings is 1. The molecule has 112 valence electrons. The van der Waals surface area contributed by atoms with Gasteiger partial charge in [-0.25, -0.2) is 12.8 Å². The molecule has 0 aliphatic carbocycles. The van der Waals surface area contributed by atoms with Crippen LogP contribution in [0.4, 0.5) is 4.39 Å². The van der Waals surface area contributed by atoms with E-state index in [-0.39, 0.29) is 9.92 Å². The fourth-order valence-electron chi connectivity index (χ4n) is 2.34. The van der Waals surface area contributed by atoms with Crippen molar-refractivity contribution in [3.05, 3.63) is 28.5 Å². The molecule has 20 heavy (non-hydrogen) atoms. The number of sulfonamides is 1. The number of halogens is 2. The predicted octanol–water partition coefficient (Wildman–Crippen LogP) is 2.37. The topological polar surface area (TPSA) is 49.4 Å². The first-order chi connectivity index (χ1) is 9.46. The fourth-order valence-corrected chi connectivity index (χ4v) is 4.10. The molecular weight excluding hydrogens is 303 g/mol. The van der Waals surface area contributed by atoms with Crippen molar-refractivity contribution in [2.75, 3.05) is 20.1 Å². The first-order valence-electron chi connectivity index (χ1n) is 6.59. The van der Waals surface area contributed by atoms with Gasteiger partial charge in [-0.3, -0.25) is 0 Å². The van der Waals surface area contributed by atoms with Crippen molar-refractivity contribution in [2.45, 2.75) is 30.7 Å².